The Balaban J connectivity index is 1.64. The number of benzene rings is 2. The van der Waals surface area contributed by atoms with E-state index in [9.17, 15) is 14.7 Å². The SMILES string of the molecule is COc1ccc(CN2C(=O)C(=O)/C(=C(\O)c3c[nH]c4ccccc34)C2c2cccnc2)cc1. The molecule has 1 amide bonds. The summed E-state index contributed by atoms with van der Waals surface area (Å²) in [6.45, 7) is 0.193. The van der Waals surface area contributed by atoms with Gasteiger partial charge in [0.2, 0.25) is 0 Å². The summed E-state index contributed by atoms with van der Waals surface area (Å²) in [6.07, 6.45) is 4.89. The number of pyridine rings is 1. The molecule has 5 rings (SSSR count). The van der Waals surface area contributed by atoms with Gasteiger partial charge in [0.1, 0.15) is 11.5 Å². The molecule has 2 N–H and O–H groups in total. The molecule has 0 spiro atoms. The Bertz CT molecular complexity index is 1370. The minimum Gasteiger partial charge on any atom is -0.507 e. The van der Waals surface area contributed by atoms with Crippen molar-refractivity contribution in [3.63, 3.8) is 0 Å². The van der Waals surface area contributed by atoms with E-state index < -0.39 is 17.7 Å². The van der Waals surface area contributed by atoms with Crippen LogP contribution in [0.3, 0.4) is 0 Å². The van der Waals surface area contributed by atoms with Crippen molar-refractivity contribution in [1.29, 1.82) is 0 Å². The number of methoxy groups -OCH3 is 1. The second-order valence-corrected chi connectivity index (χ2v) is 7.81. The monoisotopic (exact) mass is 439 g/mol. The van der Waals surface area contributed by atoms with Gasteiger partial charge in [-0.15, -0.1) is 0 Å². The first-order valence-electron chi connectivity index (χ1n) is 10.5. The summed E-state index contributed by atoms with van der Waals surface area (Å²) in [6, 6.07) is 17.5. The quantitative estimate of drug-likeness (QED) is 0.276. The topological polar surface area (TPSA) is 95.5 Å². The molecule has 1 fully saturated rings. The Labute approximate surface area is 190 Å². The first-order chi connectivity index (χ1) is 16.1. The number of likely N-dealkylation sites (tertiary alicyclic amines) is 1. The van der Waals surface area contributed by atoms with Crippen LogP contribution in [0.15, 0.2) is 84.8 Å². The average Bonchev–Trinajstić information content (AvgIpc) is 3.39. The number of nitrogens with zero attached hydrogens (tertiary/aromatic N) is 2. The van der Waals surface area contributed by atoms with Gasteiger partial charge in [-0.2, -0.15) is 0 Å². The molecular formula is C26H21N3O4. The number of ketones is 1. The Morgan fingerprint density at radius 3 is 2.61 bits per heavy atom. The van der Waals surface area contributed by atoms with E-state index >= 15 is 0 Å². The molecule has 0 radical (unpaired) electrons. The van der Waals surface area contributed by atoms with Crippen molar-refractivity contribution in [2.24, 2.45) is 0 Å². The minimum absolute atomic E-state index is 0.0475. The summed E-state index contributed by atoms with van der Waals surface area (Å²) >= 11 is 0. The molecule has 164 valence electrons. The van der Waals surface area contributed by atoms with Crippen LogP contribution in [-0.4, -0.2) is 38.8 Å². The standard InChI is InChI=1S/C26H21N3O4/c1-33-18-10-8-16(9-11-18)15-29-23(17-5-4-12-27-13-17)22(25(31)26(29)32)24(30)20-14-28-21-7-3-2-6-19(20)21/h2-14,23,28,30H,15H2,1H3/b24-22-. The fourth-order valence-corrected chi connectivity index (χ4v) is 4.27. The van der Waals surface area contributed by atoms with E-state index in [-0.39, 0.29) is 17.9 Å². The van der Waals surface area contributed by atoms with E-state index in [0.717, 1.165) is 16.5 Å². The van der Waals surface area contributed by atoms with E-state index in [1.165, 1.54) is 4.90 Å². The second kappa shape index (κ2) is 8.27. The summed E-state index contributed by atoms with van der Waals surface area (Å²) in [7, 11) is 1.58. The summed E-state index contributed by atoms with van der Waals surface area (Å²) in [5, 5.41) is 12.1. The Morgan fingerprint density at radius 1 is 1.09 bits per heavy atom. The zero-order valence-corrected chi connectivity index (χ0v) is 17.9. The number of aromatic amines is 1. The van der Waals surface area contributed by atoms with Crippen LogP contribution in [0, 0.1) is 0 Å². The second-order valence-electron chi connectivity index (χ2n) is 7.81. The molecule has 0 aliphatic carbocycles. The fraction of sp³-hybridized carbons (Fsp3) is 0.115. The fourth-order valence-electron chi connectivity index (χ4n) is 4.27. The lowest BCUT2D eigenvalue weighted by Crippen LogP contribution is -2.29. The third-order valence-electron chi connectivity index (χ3n) is 5.90. The third-order valence-corrected chi connectivity index (χ3v) is 5.90. The Hall–Kier alpha value is -4.39. The molecule has 1 aliphatic rings. The first-order valence-corrected chi connectivity index (χ1v) is 10.5. The number of para-hydroxylation sites is 1. The van der Waals surface area contributed by atoms with Crippen LogP contribution in [0.5, 0.6) is 5.75 Å². The largest absolute Gasteiger partial charge is 0.507 e. The first kappa shape index (κ1) is 20.5. The van der Waals surface area contributed by atoms with Gasteiger partial charge < -0.3 is 19.7 Å². The molecule has 0 saturated carbocycles. The summed E-state index contributed by atoms with van der Waals surface area (Å²) in [4.78, 5) is 35.1. The zero-order valence-electron chi connectivity index (χ0n) is 17.9. The highest BCUT2D eigenvalue weighted by molar-refractivity contribution is 6.46. The van der Waals surface area contributed by atoms with Gasteiger partial charge in [0, 0.05) is 41.6 Å². The lowest BCUT2D eigenvalue weighted by atomic mass is 9.96. The normalized spacial score (nSPS) is 17.6. The molecule has 3 heterocycles. The number of ether oxygens (including phenoxy) is 1. The van der Waals surface area contributed by atoms with Gasteiger partial charge in [0.25, 0.3) is 11.7 Å². The highest BCUT2D eigenvalue weighted by Gasteiger charge is 2.46. The maximum Gasteiger partial charge on any atom is 0.295 e. The number of amides is 1. The van der Waals surface area contributed by atoms with Crippen LogP contribution in [-0.2, 0) is 16.1 Å². The molecule has 2 aromatic carbocycles. The molecular weight excluding hydrogens is 418 g/mol. The number of hydrogen-bond donors (Lipinski definition) is 2. The van der Waals surface area contributed by atoms with Crippen LogP contribution >= 0.6 is 0 Å². The van der Waals surface area contributed by atoms with Gasteiger partial charge >= 0.3 is 0 Å². The zero-order chi connectivity index (χ0) is 22.9. The third kappa shape index (κ3) is 3.53. The maximum absolute atomic E-state index is 13.2. The molecule has 1 unspecified atom stereocenters. The number of aliphatic hydroxyl groups excluding tert-OH is 1. The van der Waals surface area contributed by atoms with Gasteiger partial charge in [0.15, 0.2) is 0 Å². The molecule has 1 aliphatic heterocycles. The van der Waals surface area contributed by atoms with Crippen molar-refractivity contribution < 1.29 is 19.4 Å². The van der Waals surface area contributed by atoms with Gasteiger partial charge in [-0.3, -0.25) is 14.6 Å². The van der Waals surface area contributed by atoms with E-state index in [0.29, 0.717) is 16.9 Å². The Morgan fingerprint density at radius 2 is 1.88 bits per heavy atom. The summed E-state index contributed by atoms with van der Waals surface area (Å²) in [5.41, 5.74) is 2.82. The van der Waals surface area contributed by atoms with Crippen LogP contribution in [0.4, 0.5) is 0 Å². The van der Waals surface area contributed by atoms with Crippen molar-refractivity contribution in [2.45, 2.75) is 12.6 Å². The molecule has 4 aromatic rings. The number of carbonyl (C=O) groups excluding carboxylic acids is 2. The predicted molar refractivity (Wildman–Crippen MR) is 123 cm³/mol. The van der Waals surface area contributed by atoms with Gasteiger partial charge in [-0.25, -0.2) is 0 Å². The van der Waals surface area contributed by atoms with Gasteiger partial charge in [0.05, 0.1) is 18.7 Å². The number of fused-ring (bicyclic) bond motifs is 1. The number of hydrogen-bond acceptors (Lipinski definition) is 5. The predicted octanol–water partition coefficient (Wildman–Crippen LogP) is 4.19. The van der Waals surface area contributed by atoms with Crippen molar-refractivity contribution in [2.75, 3.05) is 7.11 Å². The molecule has 7 heteroatoms. The Kier molecular flexibility index (Phi) is 5.14. The molecule has 1 atom stereocenters. The molecule has 2 aromatic heterocycles. The highest BCUT2D eigenvalue weighted by atomic mass is 16.5. The number of Topliss-reactive ketones (excluding diaryl/α,β-unsaturated/α-hetero) is 1. The van der Waals surface area contributed by atoms with Crippen molar-refractivity contribution in [1.82, 2.24) is 14.9 Å². The van der Waals surface area contributed by atoms with Crippen LogP contribution in [0.2, 0.25) is 0 Å². The van der Waals surface area contributed by atoms with Crippen molar-refractivity contribution in [3.8, 4) is 5.75 Å². The highest BCUT2D eigenvalue weighted by Crippen LogP contribution is 2.41. The summed E-state index contributed by atoms with van der Waals surface area (Å²) < 4.78 is 5.21. The number of carbonyl (C=O) groups is 2. The average molecular weight is 439 g/mol. The number of nitrogens with one attached hydrogen (secondary N) is 1. The number of rotatable bonds is 5. The van der Waals surface area contributed by atoms with Gasteiger partial charge in [-0.05, 0) is 35.4 Å². The number of aromatic nitrogens is 2. The smallest absolute Gasteiger partial charge is 0.295 e. The number of H-pyrrole nitrogens is 1. The van der Waals surface area contributed by atoms with E-state index in [1.54, 1.807) is 50.0 Å². The summed E-state index contributed by atoms with van der Waals surface area (Å²) in [5.74, 6) is -0.901. The lowest BCUT2D eigenvalue weighted by Gasteiger charge is -2.25. The van der Waals surface area contributed by atoms with E-state index in [2.05, 4.69) is 9.97 Å². The molecule has 1 saturated heterocycles. The van der Waals surface area contributed by atoms with Crippen LogP contribution in [0.1, 0.15) is 22.7 Å². The molecule has 7 nitrogen and oxygen atoms in total. The number of aliphatic hydroxyl groups is 1. The minimum atomic E-state index is -0.769. The van der Waals surface area contributed by atoms with Crippen LogP contribution < -0.4 is 4.74 Å². The molecule has 0 bridgehead atoms. The van der Waals surface area contributed by atoms with Crippen molar-refractivity contribution in [3.05, 3.63) is 102 Å². The van der Waals surface area contributed by atoms with Crippen molar-refractivity contribution >= 4 is 28.4 Å². The molecule has 33 heavy (non-hydrogen) atoms. The van der Waals surface area contributed by atoms with E-state index in [4.69, 9.17) is 4.74 Å². The van der Waals surface area contributed by atoms with E-state index in [1.807, 2.05) is 36.4 Å². The van der Waals surface area contributed by atoms with Crippen LogP contribution in [0.25, 0.3) is 16.7 Å². The lowest BCUT2D eigenvalue weighted by molar-refractivity contribution is -0.140. The van der Waals surface area contributed by atoms with Gasteiger partial charge in [-0.1, -0.05) is 36.4 Å². The maximum atomic E-state index is 13.2.